The van der Waals surface area contributed by atoms with E-state index in [1.54, 1.807) is 23.1 Å². The zero-order chi connectivity index (χ0) is 19.0. The van der Waals surface area contributed by atoms with Crippen LogP contribution in [-0.4, -0.2) is 9.97 Å². The van der Waals surface area contributed by atoms with Gasteiger partial charge in [0.25, 0.3) is 5.56 Å². The molecule has 2 aromatic heterocycles. The molecule has 1 aromatic carbocycles. The third kappa shape index (κ3) is 3.67. The van der Waals surface area contributed by atoms with E-state index in [2.05, 4.69) is 24.9 Å². The highest BCUT2D eigenvalue weighted by Gasteiger charge is 2.23. The second-order valence-corrected chi connectivity index (χ2v) is 9.66. The molecule has 1 aliphatic carbocycles. The summed E-state index contributed by atoms with van der Waals surface area (Å²) < 4.78 is 0. The van der Waals surface area contributed by atoms with E-state index in [1.165, 1.54) is 10.4 Å². The second kappa shape index (κ2) is 7.49. The van der Waals surface area contributed by atoms with Gasteiger partial charge in [-0.1, -0.05) is 19.1 Å². The van der Waals surface area contributed by atoms with Crippen LogP contribution in [0.1, 0.15) is 52.9 Å². The largest absolute Gasteiger partial charge is 0.309 e. The number of aryl methyl sites for hydroxylation is 1. The standard InChI is InChI=1S/C21H21N3OS2/c1-12-3-8-16-17(9-12)27-21-18(16)20(25)23-19(24-21)13(2)26-11-15-6-4-14(10-22)5-7-15/h4-7,12-13H,3,8-9,11H2,1-2H3,(H,23,24,25)/t12-,13+/m0/s1. The summed E-state index contributed by atoms with van der Waals surface area (Å²) >= 11 is 3.43. The molecule has 0 unspecified atom stereocenters. The van der Waals surface area contributed by atoms with Crippen LogP contribution in [0.5, 0.6) is 0 Å². The van der Waals surface area contributed by atoms with E-state index in [4.69, 9.17) is 10.2 Å². The van der Waals surface area contributed by atoms with E-state index in [-0.39, 0.29) is 10.8 Å². The molecule has 0 fully saturated rings. The number of benzene rings is 1. The monoisotopic (exact) mass is 395 g/mol. The number of hydrogen-bond acceptors (Lipinski definition) is 5. The van der Waals surface area contributed by atoms with Crippen LogP contribution in [0.3, 0.4) is 0 Å². The summed E-state index contributed by atoms with van der Waals surface area (Å²) in [6.45, 7) is 4.35. The Balaban J connectivity index is 1.56. The summed E-state index contributed by atoms with van der Waals surface area (Å²) in [6.07, 6.45) is 3.20. The SMILES string of the molecule is C[C@H]1CCc2c(sc3nc([C@@H](C)SCc4ccc(C#N)cc4)[nH]c(=O)c23)C1. The molecule has 0 spiro atoms. The van der Waals surface area contributed by atoms with Crippen molar-refractivity contribution >= 4 is 33.3 Å². The van der Waals surface area contributed by atoms with Crippen molar-refractivity contribution in [3.8, 4) is 6.07 Å². The summed E-state index contributed by atoms with van der Waals surface area (Å²) in [5, 5.41) is 9.79. The molecular weight excluding hydrogens is 374 g/mol. The van der Waals surface area contributed by atoms with Crippen LogP contribution >= 0.6 is 23.1 Å². The van der Waals surface area contributed by atoms with Gasteiger partial charge in [-0.15, -0.1) is 23.1 Å². The number of thioether (sulfide) groups is 1. The summed E-state index contributed by atoms with van der Waals surface area (Å²) in [7, 11) is 0. The number of H-pyrrole nitrogens is 1. The fourth-order valence-corrected chi connectivity index (χ4v) is 5.83. The van der Waals surface area contributed by atoms with Crippen molar-refractivity contribution in [1.82, 2.24) is 9.97 Å². The summed E-state index contributed by atoms with van der Waals surface area (Å²) in [6, 6.07) is 9.77. The van der Waals surface area contributed by atoms with Gasteiger partial charge in [0.1, 0.15) is 10.7 Å². The lowest BCUT2D eigenvalue weighted by molar-refractivity contribution is 0.509. The molecule has 4 rings (SSSR count). The van der Waals surface area contributed by atoms with E-state index in [9.17, 15) is 4.79 Å². The Hall–Kier alpha value is -2.10. The van der Waals surface area contributed by atoms with Crippen molar-refractivity contribution in [1.29, 1.82) is 5.26 Å². The Bertz CT molecular complexity index is 1080. The molecule has 2 heterocycles. The Morgan fingerprint density at radius 2 is 2.19 bits per heavy atom. The van der Waals surface area contributed by atoms with Crippen LogP contribution in [-0.2, 0) is 18.6 Å². The minimum absolute atomic E-state index is 0.00729. The van der Waals surface area contributed by atoms with E-state index < -0.39 is 0 Å². The summed E-state index contributed by atoms with van der Waals surface area (Å²) in [5.74, 6) is 2.25. The number of fused-ring (bicyclic) bond motifs is 3. The number of aromatic amines is 1. The Morgan fingerprint density at radius 1 is 1.41 bits per heavy atom. The molecule has 1 N–H and O–H groups in total. The van der Waals surface area contributed by atoms with Gasteiger partial charge in [0.2, 0.25) is 0 Å². The van der Waals surface area contributed by atoms with Crippen molar-refractivity contribution in [2.45, 2.75) is 44.1 Å². The molecule has 1 aliphatic rings. The zero-order valence-corrected chi connectivity index (χ0v) is 17.0. The number of nitrogens with zero attached hydrogens (tertiary/aromatic N) is 2. The van der Waals surface area contributed by atoms with Gasteiger partial charge in [-0.3, -0.25) is 4.79 Å². The average molecular weight is 396 g/mol. The smallest absolute Gasteiger partial charge is 0.259 e. The van der Waals surface area contributed by atoms with Crippen molar-refractivity contribution in [3.63, 3.8) is 0 Å². The van der Waals surface area contributed by atoms with Crippen molar-refractivity contribution < 1.29 is 0 Å². The molecule has 4 nitrogen and oxygen atoms in total. The van der Waals surface area contributed by atoms with Gasteiger partial charge in [-0.05, 0) is 55.4 Å². The third-order valence-electron chi connectivity index (χ3n) is 5.15. The molecule has 27 heavy (non-hydrogen) atoms. The first-order chi connectivity index (χ1) is 13.0. The fourth-order valence-electron chi connectivity index (χ4n) is 3.53. The first-order valence-electron chi connectivity index (χ1n) is 9.20. The molecule has 0 radical (unpaired) electrons. The van der Waals surface area contributed by atoms with Crippen LogP contribution in [0.2, 0.25) is 0 Å². The lowest BCUT2D eigenvalue weighted by Crippen LogP contribution is -2.15. The number of rotatable bonds is 4. The van der Waals surface area contributed by atoms with Crippen LogP contribution in [0, 0.1) is 17.2 Å². The summed E-state index contributed by atoms with van der Waals surface area (Å²) in [5.41, 5.74) is 3.07. The van der Waals surface area contributed by atoms with Crippen LogP contribution < -0.4 is 5.56 Å². The highest BCUT2D eigenvalue weighted by molar-refractivity contribution is 7.98. The van der Waals surface area contributed by atoms with Crippen molar-refractivity contribution in [2.75, 3.05) is 0 Å². The van der Waals surface area contributed by atoms with Gasteiger partial charge in [0.15, 0.2) is 0 Å². The maximum absolute atomic E-state index is 12.7. The third-order valence-corrected chi connectivity index (χ3v) is 7.52. The molecule has 0 bridgehead atoms. The maximum atomic E-state index is 12.7. The minimum atomic E-state index is 0.00729. The highest BCUT2D eigenvalue weighted by Crippen LogP contribution is 2.37. The fraction of sp³-hybridized carbons (Fsp3) is 0.381. The molecule has 0 aliphatic heterocycles. The second-order valence-electron chi connectivity index (χ2n) is 7.25. The quantitative estimate of drug-likeness (QED) is 0.677. The number of aromatic nitrogens is 2. The number of hydrogen-bond donors (Lipinski definition) is 1. The van der Waals surface area contributed by atoms with Crippen molar-refractivity contribution in [2.24, 2.45) is 5.92 Å². The predicted molar refractivity (Wildman–Crippen MR) is 112 cm³/mol. The van der Waals surface area contributed by atoms with Gasteiger partial charge in [0, 0.05) is 10.6 Å². The molecule has 138 valence electrons. The minimum Gasteiger partial charge on any atom is -0.309 e. The zero-order valence-electron chi connectivity index (χ0n) is 15.4. The van der Waals surface area contributed by atoms with Crippen LogP contribution in [0.4, 0.5) is 0 Å². The maximum Gasteiger partial charge on any atom is 0.259 e. The Labute approximate surface area is 166 Å². The highest BCUT2D eigenvalue weighted by atomic mass is 32.2. The Morgan fingerprint density at radius 3 is 2.93 bits per heavy atom. The molecular formula is C21H21N3OS2. The Kier molecular flexibility index (Phi) is 5.07. The van der Waals surface area contributed by atoms with E-state index in [0.29, 0.717) is 11.5 Å². The van der Waals surface area contributed by atoms with Gasteiger partial charge >= 0.3 is 0 Å². The normalized spacial score (nSPS) is 17.4. The van der Waals surface area contributed by atoms with Crippen molar-refractivity contribution in [3.05, 3.63) is 62.0 Å². The number of thiophene rings is 1. The lowest BCUT2D eigenvalue weighted by Gasteiger charge is -2.17. The summed E-state index contributed by atoms with van der Waals surface area (Å²) in [4.78, 5) is 22.8. The lowest BCUT2D eigenvalue weighted by atomic mass is 9.89. The molecule has 2 atom stereocenters. The molecule has 0 amide bonds. The molecule has 0 saturated heterocycles. The van der Waals surface area contributed by atoms with Crippen LogP contribution in [0.15, 0.2) is 29.1 Å². The first kappa shape index (κ1) is 18.3. The van der Waals surface area contributed by atoms with Gasteiger partial charge in [-0.25, -0.2) is 4.98 Å². The van der Waals surface area contributed by atoms with Gasteiger partial charge < -0.3 is 4.98 Å². The molecule has 3 aromatic rings. The van der Waals surface area contributed by atoms with Gasteiger partial charge in [0.05, 0.1) is 22.3 Å². The van der Waals surface area contributed by atoms with E-state index in [1.807, 2.05) is 24.3 Å². The van der Waals surface area contributed by atoms with Crippen LogP contribution in [0.25, 0.3) is 10.2 Å². The predicted octanol–water partition coefficient (Wildman–Crippen LogP) is 4.98. The number of nitrogens with one attached hydrogen (secondary N) is 1. The molecule has 0 saturated carbocycles. The molecule has 6 heteroatoms. The van der Waals surface area contributed by atoms with E-state index in [0.717, 1.165) is 46.6 Å². The van der Waals surface area contributed by atoms with Gasteiger partial charge in [-0.2, -0.15) is 5.26 Å². The number of nitriles is 1. The average Bonchev–Trinajstić information content (AvgIpc) is 3.04. The van der Waals surface area contributed by atoms with E-state index >= 15 is 0 Å². The topological polar surface area (TPSA) is 69.5 Å². The first-order valence-corrected chi connectivity index (χ1v) is 11.1.